The summed E-state index contributed by atoms with van der Waals surface area (Å²) in [4.78, 5) is 3.96. The van der Waals surface area contributed by atoms with Crippen LogP contribution in [0.4, 0.5) is 0 Å². The monoisotopic (exact) mass is 338 g/mol. The van der Waals surface area contributed by atoms with E-state index in [0.29, 0.717) is 5.92 Å². The number of hydrogen-bond donors (Lipinski definition) is 2. The summed E-state index contributed by atoms with van der Waals surface area (Å²) in [5.41, 5.74) is 2.18. The van der Waals surface area contributed by atoms with Crippen LogP contribution in [-0.4, -0.2) is 32.0 Å². The Morgan fingerprint density at radius 1 is 1.28 bits per heavy atom. The number of nitrogens with one attached hydrogen (secondary N) is 1. The molecular formula is C19H22N4O2. The predicted molar refractivity (Wildman–Crippen MR) is 93.5 cm³/mol. The Morgan fingerprint density at radius 2 is 2.24 bits per heavy atom. The first kappa shape index (κ1) is 16.1. The van der Waals surface area contributed by atoms with Gasteiger partial charge < -0.3 is 14.8 Å². The molecule has 0 radical (unpaired) electrons. The van der Waals surface area contributed by atoms with Gasteiger partial charge in [-0.2, -0.15) is 5.10 Å². The van der Waals surface area contributed by atoms with Gasteiger partial charge in [0.1, 0.15) is 0 Å². The third kappa shape index (κ3) is 3.81. The normalized spacial score (nSPS) is 23.2. The molecule has 1 saturated carbocycles. The highest BCUT2D eigenvalue weighted by molar-refractivity contribution is 5.57. The minimum atomic E-state index is -0.307. The maximum atomic E-state index is 10.4. The van der Waals surface area contributed by atoms with Gasteiger partial charge >= 0.3 is 0 Å². The van der Waals surface area contributed by atoms with Gasteiger partial charge in [0.2, 0.25) is 0 Å². The van der Waals surface area contributed by atoms with Crippen molar-refractivity contribution in [2.24, 2.45) is 5.92 Å². The Labute approximate surface area is 146 Å². The lowest BCUT2D eigenvalue weighted by Gasteiger charge is -2.16. The largest absolute Gasteiger partial charge is 0.444 e. The highest BCUT2D eigenvalue weighted by Crippen LogP contribution is 2.28. The summed E-state index contributed by atoms with van der Waals surface area (Å²) in [5.74, 6) is 1.22. The fraction of sp³-hybridized carbons (Fsp3) is 0.368. The number of oxazole rings is 1. The van der Waals surface area contributed by atoms with E-state index in [1.807, 2.05) is 29.1 Å². The molecule has 2 N–H and O–H groups in total. The molecule has 1 aliphatic rings. The standard InChI is InChI=1S/C19H22N4O2/c24-18-9-15(12-23-6-2-5-22-23)8-17(18)21-10-14-3-1-4-16(7-14)19-11-20-13-25-19/h1-7,11,13,15,17-18,21,24H,8-10,12H2/t15?,17-,18-/m1/s1. The van der Waals surface area contributed by atoms with Crippen molar-refractivity contribution in [3.8, 4) is 11.3 Å². The Hall–Kier alpha value is -2.44. The average Bonchev–Trinajstić information content (AvgIpc) is 3.36. The van der Waals surface area contributed by atoms with Gasteiger partial charge in [0.05, 0.1) is 12.3 Å². The van der Waals surface area contributed by atoms with Crippen molar-refractivity contribution in [2.45, 2.75) is 38.1 Å². The van der Waals surface area contributed by atoms with Crippen LogP contribution in [0.2, 0.25) is 0 Å². The minimum absolute atomic E-state index is 0.120. The summed E-state index contributed by atoms with van der Waals surface area (Å²) in [5, 5.41) is 18.1. The number of nitrogens with zero attached hydrogens (tertiary/aromatic N) is 3. The summed E-state index contributed by atoms with van der Waals surface area (Å²) < 4.78 is 7.30. The van der Waals surface area contributed by atoms with Crippen LogP contribution in [0.25, 0.3) is 11.3 Å². The van der Waals surface area contributed by atoms with Crippen molar-refractivity contribution >= 4 is 0 Å². The van der Waals surface area contributed by atoms with E-state index in [9.17, 15) is 5.11 Å². The van der Waals surface area contributed by atoms with E-state index in [4.69, 9.17) is 4.42 Å². The molecule has 1 aliphatic carbocycles. The number of rotatable bonds is 6. The SMILES string of the molecule is O[C@@H]1CC(Cn2cccn2)C[C@H]1NCc1cccc(-c2cnco2)c1. The number of aliphatic hydroxyl groups excluding tert-OH is 1. The van der Waals surface area contributed by atoms with Crippen LogP contribution in [-0.2, 0) is 13.1 Å². The third-order valence-electron chi connectivity index (χ3n) is 4.84. The predicted octanol–water partition coefficient (Wildman–Crippen LogP) is 2.47. The molecule has 1 aromatic carbocycles. The molecule has 6 heteroatoms. The molecule has 0 saturated heterocycles. The second-order valence-electron chi connectivity index (χ2n) is 6.69. The molecule has 2 aromatic heterocycles. The fourth-order valence-corrected chi connectivity index (χ4v) is 3.60. The van der Waals surface area contributed by atoms with Gasteiger partial charge in [-0.1, -0.05) is 18.2 Å². The second kappa shape index (κ2) is 7.21. The second-order valence-corrected chi connectivity index (χ2v) is 6.69. The number of benzene rings is 1. The molecule has 0 aliphatic heterocycles. The van der Waals surface area contributed by atoms with Gasteiger partial charge in [-0.05, 0) is 36.5 Å². The minimum Gasteiger partial charge on any atom is -0.444 e. The van der Waals surface area contributed by atoms with Crippen molar-refractivity contribution in [1.29, 1.82) is 0 Å². The Kier molecular flexibility index (Phi) is 4.63. The Morgan fingerprint density at radius 3 is 3.04 bits per heavy atom. The number of aliphatic hydroxyl groups is 1. The van der Waals surface area contributed by atoms with Crippen molar-refractivity contribution in [3.05, 3.63) is 60.9 Å². The molecule has 4 rings (SSSR count). The molecule has 0 spiro atoms. The smallest absolute Gasteiger partial charge is 0.181 e. The maximum absolute atomic E-state index is 10.4. The molecule has 0 bridgehead atoms. The van der Waals surface area contributed by atoms with E-state index in [-0.39, 0.29) is 12.1 Å². The third-order valence-corrected chi connectivity index (χ3v) is 4.84. The molecule has 3 atom stereocenters. The van der Waals surface area contributed by atoms with Crippen LogP contribution >= 0.6 is 0 Å². The average molecular weight is 338 g/mol. The highest BCUT2D eigenvalue weighted by atomic mass is 16.3. The first-order valence-electron chi connectivity index (χ1n) is 8.64. The van der Waals surface area contributed by atoms with Crippen LogP contribution in [0.15, 0.2) is 59.7 Å². The first-order chi connectivity index (χ1) is 12.3. The Balaban J connectivity index is 1.34. The van der Waals surface area contributed by atoms with E-state index in [1.54, 1.807) is 12.4 Å². The summed E-state index contributed by atoms with van der Waals surface area (Å²) in [7, 11) is 0. The van der Waals surface area contributed by atoms with E-state index in [1.165, 1.54) is 6.39 Å². The van der Waals surface area contributed by atoms with Gasteiger partial charge in [-0.15, -0.1) is 0 Å². The Bertz CT molecular complexity index is 786. The van der Waals surface area contributed by atoms with Crippen LogP contribution in [0.1, 0.15) is 18.4 Å². The van der Waals surface area contributed by atoms with Crippen LogP contribution in [0, 0.1) is 5.92 Å². The molecule has 130 valence electrons. The van der Waals surface area contributed by atoms with Crippen molar-refractivity contribution in [3.63, 3.8) is 0 Å². The first-order valence-corrected chi connectivity index (χ1v) is 8.64. The molecule has 3 aromatic rings. The van der Waals surface area contributed by atoms with Gasteiger partial charge in [0, 0.05) is 37.1 Å². The van der Waals surface area contributed by atoms with Crippen molar-refractivity contribution in [1.82, 2.24) is 20.1 Å². The lowest BCUT2D eigenvalue weighted by molar-refractivity contribution is 0.145. The zero-order valence-electron chi connectivity index (χ0n) is 14.0. The zero-order valence-corrected chi connectivity index (χ0v) is 14.0. The maximum Gasteiger partial charge on any atom is 0.181 e. The van der Waals surface area contributed by atoms with E-state index in [2.05, 4.69) is 27.5 Å². The van der Waals surface area contributed by atoms with Crippen LogP contribution < -0.4 is 5.32 Å². The van der Waals surface area contributed by atoms with Gasteiger partial charge in [0.15, 0.2) is 12.2 Å². The van der Waals surface area contributed by atoms with E-state index in [0.717, 1.165) is 42.8 Å². The van der Waals surface area contributed by atoms with Gasteiger partial charge in [-0.25, -0.2) is 4.98 Å². The van der Waals surface area contributed by atoms with Gasteiger partial charge in [0.25, 0.3) is 0 Å². The summed E-state index contributed by atoms with van der Waals surface area (Å²) in [6.45, 7) is 1.58. The molecular weight excluding hydrogens is 316 g/mol. The lowest BCUT2D eigenvalue weighted by Crippen LogP contribution is -2.35. The topological polar surface area (TPSA) is 76.1 Å². The molecule has 1 fully saturated rings. The zero-order chi connectivity index (χ0) is 17.1. The molecule has 25 heavy (non-hydrogen) atoms. The summed E-state index contributed by atoms with van der Waals surface area (Å²) >= 11 is 0. The van der Waals surface area contributed by atoms with E-state index < -0.39 is 0 Å². The highest BCUT2D eigenvalue weighted by Gasteiger charge is 2.32. The van der Waals surface area contributed by atoms with E-state index >= 15 is 0 Å². The quantitative estimate of drug-likeness (QED) is 0.722. The van der Waals surface area contributed by atoms with Crippen LogP contribution in [0.3, 0.4) is 0 Å². The number of hydrogen-bond acceptors (Lipinski definition) is 5. The molecule has 1 unspecified atom stereocenters. The van der Waals surface area contributed by atoms with Crippen molar-refractivity contribution in [2.75, 3.05) is 0 Å². The molecule has 0 amide bonds. The summed E-state index contributed by atoms with van der Waals surface area (Å²) in [6.07, 6.45) is 8.39. The fourth-order valence-electron chi connectivity index (χ4n) is 3.60. The molecule has 6 nitrogen and oxygen atoms in total. The van der Waals surface area contributed by atoms with Gasteiger partial charge in [-0.3, -0.25) is 4.68 Å². The van der Waals surface area contributed by atoms with Crippen LogP contribution in [0.5, 0.6) is 0 Å². The number of aromatic nitrogens is 3. The molecule has 2 heterocycles. The lowest BCUT2D eigenvalue weighted by atomic mass is 10.1. The van der Waals surface area contributed by atoms with Crippen molar-refractivity contribution < 1.29 is 9.52 Å². The summed E-state index contributed by atoms with van der Waals surface area (Å²) in [6, 6.07) is 10.2.